The first-order valence-corrected chi connectivity index (χ1v) is 5.52. The summed E-state index contributed by atoms with van der Waals surface area (Å²) in [6, 6.07) is 2.99. The van der Waals surface area contributed by atoms with E-state index in [0.717, 1.165) is 0 Å². The maximum atomic E-state index is 11.6. The molecule has 0 spiro atoms. The molecule has 0 bridgehead atoms. The Morgan fingerprint density at radius 3 is 3.11 bits per heavy atom. The van der Waals surface area contributed by atoms with Gasteiger partial charge in [0.05, 0.1) is 6.54 Å². The van der Waals surface area contributed by atoms with Crippen LogP contribution in [0, 0.1) is 0 Å². The Morgan fingerprint density at radius 1 is 1.61 bits per heavy atom. The molecule has 7 nitrogen and oxygen atoms in total. The van der Waals surface area contributed by atoms with E-state index in [2.05, 4.69) is 10.3 Å². The number of carbonyl (C=O) groups is 2. The van der Waals surface area contributed by atoms with Crippen LogP contribution in [0.5, 0.6) is 5.75 Å². The number of amides is 2. The van der Waals surface area contributed by atoms with Gasteiger partial charge in [0.1, 0.15) is 6.61 Å². The van der Waals surface area contributed by atoms with Crippen LogP contribution in [-0.2, 0) is 9.53 Å². The fourth-order valence-electron chi connectivity index (χ4n) is 1.55. The standard InChI is InChI=1S/C11H13N3O4/c15-8-2-1-4-12-10(8)13-9(16)3-5-14-6-7-18-11(14)17/h1-2,4,15H,3,5-7H2,(H,12,13,16). The largest absolute Gasteiger partial charge is 0.504 e. The molecule has 1 aromatic rings. The van der Waals surface area contributed by atoms with Gasteiger partial charge in [-0.05, 0) is 12.1 Å². The van der Waals surface area contributed by atoms with Gasteiger partial charge in [-0.3, -0.25) is 4.79 Å². The van der Waals surface area contributed by atoms with Gasteiger partial charge in [0.15, 0.2) is 11.6 Å². The second-order valence-electron chi connectivity index (χ2n) is 3.77. The van der Waals surface area contributed by atoms with Gasteiger partial charge in [-0.1, -0.05) is 0 Å². The molecule has 1 saturated heterocycles. The number of nitrogens with one attached hydrogen (secondary N) is 1. The lowest BCUT2D eigenvalue weighted by molar-refractivity contribution is -0.116. The molecule has 2 N–H and O–H groups in total. The normalized spacial score (nSPS) is 14.4. The number of anilines is 1. The summed E-state index contributed by atoms with van der Waals surface area (Å²) in [6.07, 6.45) is 1.20. The van der Waals surface area contributed by atoms with Gasteiger partial charge in [0, 0.05) is 19.2 Å². The molecule has 1 fully saturated rings. The number of nitrogens with zero attached hydrogens (tertiary/aromatic N) is 2. The average molecular weight is 251 g/mol. The highest BCUT2D eigenvalue weighted by atomic mass is 16.6. The Morgan fingerprint density at radius 2 is 2.44 bits per heavy atom. The van der Waals surface area contributed by atoms with Gasteiger partial charge in [-0.25, -0.2) is 9.78 Å². The lowest BCUT2D eigenvalue weighted by Crippen LogP contribution is -2.28. The minimum Gasteiger partial charge on any atom is -0.504 e. The summed E-state index contributed by atoms with van der Waals surface area (Å²) in [4.78, 5) is 28.0. The quantitative estimate of drug-likeness (QED) is 0.816. The Kier molecular flexibility index (Phi) is 3.61. The van der Waals surface area contributed by atoms with Crippen molar-refractivity contribution < 1.29 is 19.4 Å². The lowest BCUT2D eigenvalue weighted by atomic mass is 10.3. The second kappa shape index (κ2) is 5.35. The average Bonchev–Trinajstić information content (AvgIpc) is 2.75. The zero-order valence-corrected chi connectivity index (χ0v) is 9.63. The zero-order chi connectivity index (χ0) is 13.0. The van der Waals surface area contributed by atoms with Crippen LogP contribution in [0.2, 0.25) is 0 Å². The van der Waals surface area contributed by atoms with E-state index in [4.69, 9.17) is 4.74 Å². The van der Waals surface area contributed by atoms with E-state index < -0.39 is 6.09 Å². The van der Waals surface area contributed by atoms with Crippen LogP contribution in [0.1, 0.15) is 6.42 Å². The van der Waals surface area contributed by atoms with Gasteiger partial charge in [0.2, 0.25) is 5.91 Å². The van der Waals surface area contributed by atoms with Crippen LogP contribution in [-0.4, -0.2) is 46.7 Å². The number of cyclic esters (lactones) is 1. The number of aromatic nitrogens is 1. The fourth-order valence-corrected chi connectivity index (χ4v) is 1.55. The highest BCUT2D eigenvalue weighted by Crippen LogP contribution is 2.18. The molecule has 1 aromatic heterocycles. The molecular formula is C11H13N3O4. The summed E-state index contributed by atoms with van der Waals surface area (Å²) in [5, 5.41) is 11.9. The van der Waals surface area contributed by atoms with E-state index in [9.17, 15) is 14.7 Å². The third-order valence-corrected chi connectivity index (χ3v) is 2.50. The van der Waals surface area contributed by atoms with Crippen molar-refractivity contribution >= 4 is 17.8 Å². The van der Waals surface area contributed by atoms with Crippen molar-refractivity contribution in [3.8, 4) is 5.75 Å². The molecule has 2 amide bonds. The SMILES string of the molecule is O=C(CCN1CCOC1=O)Nc1ncccc1O. The lowest BCUT2D eigenvalue weighted by Gasteiger charge is -2.12. The predicted octanol–water partition coefficient (Wildman–Crippen LogP) is 0.568. The number of pyridine rings is 1. The summed E-state index contributed by atoms with van der Waals surface area (Å²) < 4.78 is 4.74. The number of ether oxygens (including phenoxy) is 1. The highest BCUT2D eigenvalue weighted by Gasteiger charge is 2.22. The van der Waals surface area contributed by atoms with Gasteiger partial charge in [0.25, 0.3) is 0 Å². The summed E-state index contributed by atoms with van der Waals surface area (Å²) in [5.74, 6) is -0.290. The molecule has 0 atom stereocenters. The topological polar surface area (TPSA) is 91.8 Å². The number of rotatable bonds is 4. The predicted molar refractivity (Wildman–Crippen MR) is 62.1 cm³/mol. The molecule has 96 valence electrons. The van der Waals surface area contributed by atoms with Crippen molar-refractivity contribution in [1.82, 2.24) is 9.88 Å². The number of hydrogen-bond acceptors (Lipinski definition) is 5. The van der Waals surface area contributed by atoms with Crippen LogP contribution < -0.4 is 5.32 Å². The first-order valence-electron chi connectivity index (χ1n) is 5.52. The van der Waals surface area contributed by atoms with Gasteiger partial charge in [-0.2, -0.15) is 0 Å². The molecule has 18 heavy (non-hydrogen) atoms. The number of hydrogen-bond donors (Lipinski definition) is 2. The molecule has 7 heteroatoms. The Labute approximate surface area is 103 Å². The van der Waals surface area contributed by atoms with Crippen molar-refractivity contribution in [2.45, 2.75) is 6.42 Å². The van der Waals surface area contributed by atoms with Crippen LogP contribution in [0.15, 0.2) is 18.3 Å². The monoisotopic (exact) mass is 251 g/mol. The van der Waals surface area contributed by atoms with Crippen LogP contribution >= 0.6 is 0 Å². The van der Waals surface area contributed by atoms with Crippen LogP contribution in [0.3, 0.4) is 0 Å². The summed E-state index contributed by atoms with van der Waals surface area (Å²) in [5.41, 5.74) is 0. The number of carbonyl (C=O) groups excluding carboxylic acids is 2. The molecule has 0 saturated carbocycles. The van der Waals surface area contributed by atoms with Gasteiger partial charge < -0.3 is 20.1 Å². The molecule has 1 aliphatic heterocycles. The van der Waals surface area contributed by atoms with E-state index in [1.54, 1.807) is 6.07 Å². The molecule has 2 rings (SSSR count). The maximum Gasteiger partial charge on any atom is 0.409 e. The smallest absolute Gasteiger partial charge is 0.409 e. The van der Waals surface area contributed by atoms with Crippen molar-refractivity contribution in [2.75, 3.05) is 25.0 Å². The van der Waals surface area contributed by atoms with E-state index >= 15 is 0 Å². The van der Waals surface area contributed by atoms with E-state index in [1.165, 1.54) is 17.2 Å². The number of aromatic hydroxyl groups is 1. The van der Waals surface area contributed by atoms with Crippen molar-refractivity contribution in [1.29, 1.82) is 0 Å². The summed E-state index contributed by atoms with van der Waals surface area (Å²) in [7, 11) is 0. The Bertz CT molecular complexity index is 463. The fraction of sp³-hybridized carbons (Fsp3) is 0.364. The van der Waals surface area contributed by atoms with E-state index in [-0.39, 0.29) is 30.4 Å². The molecule has 0 radical (unpaired) electrons. The van der Waals surface area contributed by atoms with Crippen molar-refractivity contribution in [2.24, 2.45) is 0 Å². The van der Waals surface area contributed by atoms with Crippen LogP contribution in [0.4, 0.5) is 10.6 Å². The molecule has 1 aliphatic rings. The second-order valence-corrected chi connectivity index (χ2v) is 3.77. The minimum atomic E-state index is -0.400. The third kappa shape index (κ3) is 2.88. The highest BCUT2D eigenvalue weighted by molar-refractivity contribution is 5.91. The van der Waals surface area contributed by atoms with E-state index in [0.29, 0.717) is 13.2 Å². The van der Waals surface area contributed by atoms with Crippen LogP contribution in [0.25, 0.3) is 0 Å². The molecule has 0 unspecified atom stereocenters. The zero-order valence-electron chi connectivity index (χ0n) is 9.63. The van der Waals surface area contributed by atoms with Gasteiger partial charge >= 0.3 is 6.09 Å². The van der Waals surface area contributed by atoms with Crippen molar-refractivity contribution in [3.05, 3.63) is 18.3 Å². The van der Waals surface area contributed by atoms with Gasteiger partial charge in [-0.15, -0.1) is 0 Å². The first kappa shape index (κ1) is 12.2. The summed E-state index contributed by atoms with van der Waals surface area (Å²) >= 11 is 0. The Balaban J connectivity index is 1.82. The van der Waals surface area contributed by atoms with E-state index in [1.807, 2.05) is 0 Å². The summed E-state index contributed by atoms with van der Waals surface area (Å²) in [6.45, 7) is 1.15. The minimum absolute atomic E-state index is 0.0913. The first-order chi connectivity index (χ1) is 8.66. The molecular weight excluding hydrogens is 238 g/mol. The Hall–Kier alpha value is -2.31. The third-order valence-electron chi connectivity index (χ3n) is 2.50. The molecule has 0 aromatic carbocycles. The molecule has 2 heterocycles. The molecule has 0 aliphatic carbocycles. The van der Waals surface area contributed by atoms with Crippen molar-refractivity contribution in [3.63, 3.8) is 0 Å². The maximum absolute atomic E-state index is 11.6.